The lowest BCUT2D eigenvalue weighted by molar-refractivity contribution is 0.376. The SMILES string of the molecule is CCCC(=N)N1CCN(c2ccccc2Cl)CC1. The van der Waals surface area contributed by atoms with E-state index in [1.807, 2.05) is 18.2 Å². The van der Waals surface area contributed by atoms with Crippen LogP contribution < -0.4 is 4.90 Å². The predicted molar refractivity (Wildman–Crippen MR) is 77.9 cm³/mol. The molecule has 3 nitrogen and oxygen atoms in total. The lowest BCUT2D eigenvalue weighted by atomic mass is 10.2. The molecule has 0 radical (unpaired) electrons. The maximum Gasteiger partial charge on any atom is 0.0958 e. The number of piperazine rings is 1. The van der Waals surface area contributed by atoms with E-state index in [1.165, 1.54) is 0 Å². The average molecular weight is 266 g/mol. The Bertz CT molecular complexity index is 411. The van der Waals surface area contributed by atoms with Crippen LogP contribution >= 0.6 is 11.6 Å². The Hall–Kier alpha value is -1.22. The molecule has 0 saturated carbocycles. The van der Waals surface area contributed by atoms with Crippen LogP contribution in [0.1, 0.15) is 19.8 Å². The molecule has 4 heteroatoms. The monoisotopic (exact) mass is 265 g/mol. The van der Waals surface area contributed by atoms with E-state index < -0.39 is 0 Å². The first kappa shape index (κ1) is 13.2. The zero-order valence-corrected chi connectivity index (χ0v) is 11.6. The molecule has 1 saturated heterocycles. The van der Waals surface area contributed by atoms with Gasteiger partial charge in [-0.25, -0.2) is 0 Å². The zero-order valence-electron chi connectivity index (χ0n) is 10.8. The normalized spacial score (nSPS) is 15.9. The molecule has 18 heavy (non-hydrogen) atoms. The van der Waals surface area contributed by atoms with E-state index in [4.69, 9.17) is 17.0 Å². The van der Waals surface area contributed by atoms with E-state index in [1.54, 1.807) is 0 Å². The Labute approximate surface area is 114 Å². The van der Waals surface area contributed by atoms with Gasteiger partial charge in [-0.15, -0.1) is 0 Å². The van der Waals surface area contributed by atoms with Gasteiger partial charge in [-0.1, -0.05) is 30.7 Å². The fourth-order valence-corrected chi connectivity index (χ4v) is 2.58. The number of para-hydroxylation sites is 1. The summed E-state index contributed by atoms with van der Waals surface area (Å²) in [5, 5.41) is 8.79. The minimum absolute atomic E-state index is 0.774. The zero-order chi connectivity index (χ0) is 13.0. The van der Waals surface area contributed by atoms with Crippen LogP contribution in [0.4, 0.5) is 5.69 Å². The van der Waals surface area contributed by atoms with Gasteiger partial charge in [0.2, 0.25) is 0 Å². The van der Waals surface area contributed by atoms with Gasteiger partial charge in [0.1, 0.15) is 0 Å². The highest BCUT2D eigenvalue weighted by atomic mass is 35.5. The smallest absolute Gasteiger partial charge is 0.0958 e. The van der Waals surface area contributed by atoms with Crippen LogP contribution in [0.3, 0.4) is 0 Å². The van der Waals surface area contributed by atoms with Crippen molar-refractivity contribution in [1.29, 1.82) is 5.41 Å². The number of benzene rings is 1. The third-order valence-electron chi connectivity index (χ3n) is 3.34. The van der Waals surface area contributed by atoms with E-state index in [9.17, 15) is 0 Å². The summed E-state index contributed by atoms with van der Waals surface area (Å²) in [7, 11) is 0. The van der Waals surface area contributed by atoms with Crippen molar-refractivity contribution >= 4 is 23.1 Å². The van der Waals surface area contributed by atoms with Gasteiger partial charge in [0, 0.05) is 32.6 Å². The van der Waals surface area contributed by atoms with Gasteiger partial charge in [-0.2, -0.15) is 0 Å². The Kier molecular flexibility index (Phi) is 4.48. The minimum atomic E-state index is 0.774. The highest BCUT2D eigenvalue weighted by Crippen LogP contribution is 2.26. The van der Waals surface area contributed by atoms with Crippen molar-refractivity contribution in [3.05, 3.63) is 29.3 Å². The number of hydrogen-bond acceptors (Lipinski definition) is 2. The molecule has 1 heterocycles. The fraction of sp³-hybridized carbons (Fsp3) is 0.500. The molecule has 2 rings (SSSR count). The number of rotatable bonds is 3. The Morgan fingerprint density at radius 2 is 1.89 bits per heavy atom. The highest BCUT2D eigenvalue weighted by molar-refractivity contribution is 6.33. The molecule has 0 spiro atoms. The van der Waals surface area contributed by atoms with Crippen molar-refractivity contribution < 1.29 is 0 Å². The molecule has 0 amide bonds. The standard InChI is InChI=1S/C14H20ClN3/c1-2-5-14(16)18-10-8-17(9-11-18)13-7-4-3-6-12(13)15/h3-4,6-7,16H,2,5,8-11H2,1H3. The van der Waals surface area contributed by atoms with Gasteiger partial charge < -0.3 is 9.80 Å². The summed E-state index contributed by atoms with van der Waals surface area (Å²) in [6, 6.07) is 7.98. The molecule has 1 aliphatic rings. The summed E-state index contributed by atoms with van der Waals surface area (Å²) >= 11 is 6.21. The number of amidine groups is 1. The quantitative estimate of drug-likeness (QED) is 0.672. The van der Waals surface area contributed by atoms with E-state index in [2.05, 4.69) is 22.8 Å². The van der Waals surface area contributed by atoms with Crippen LogP contribution in [0.2, 0.25) is 5.02 Å². The molecule has 1 fully saturated rings. The van der Waals surface area contributed by atoms with Crippen LogP contribution in [0.25, 0.3) is 0 Å². The highest BCUT2D eigenvalue weighted by Gasteiger charge is 2.19. The number of nitrogens with zero attached hydrogens (tertiary/aromatic N) is 2. The third-order valence-corrected chi connectivity index (χ3v) is 3.66. The third kappa shape index (κ3) is 2.96. The number of hydrogen-bond donors (Lipinski definition) is 1. The van der Waals surface area contributed by atoms with E-state index >= 15 is 0 Å². The molecular weight excluding hydrogens is 246 g/mol. The van der Waals surface area contributed by atoms with Crippen molar-refractivity contribution in [2.24, 2.45) is 0 Å². The molecule has 1 aromatic rings. The van der Waals surface area contributed by atoms with Crippen molar-refractivity contribution in [3.63, 3.8) is 0 Å². The van der Waals surface area contributed by atoms with Crippen molar-refractivity contribution in [2.75, 3.05) is 31.1 Å². The summed E-state index contributed by atoms with van der Waals surface area (Å²) in [6.07, 6.45) is 1.93. The van der Waals surface area contributed by atoms with Crippen molar-refractivity contribution in [2.45, 2.75) is 19.8 Å². The maximum absolute atomic E-state index is 7.98. The van der Waals surface area contributed by atoms with Gasteiger partial charge >= 0.3 is 0 Å². The molecule has 0 bridgehead atoms. The van der Waals surface area contributed by atoms with Gasteiger partial charge in [-0.3, -0.25) is 5.41 Å². The maximum atomic E-state index is 7.98. The first-order valence-corrected chi connectivity index (χ1v) is 6.92. The first-order chi connectivity index (χ1) is 8.72. The molecule has 98 valence electrons. The lowest BCUT2D eigenvalue weighted by Crippen LogP contribution is -2.48. The van der Waals surface area contributed by atoms with Crippen molar-refractivity contribution in [1.82, 2.24) is 4.90 Å². The molecule has 0 aliphatic carbocycles. The van der Waals surface area contributed by atoms with Crippen molar-refractivity contribution in [3.8, 4) is 0 Å². The molecule has 0 unspecified atom stereocenters. The number of nitrogens with one attached hydrogen (secondary N) is 1. The van der Waals surface area contributed by atoms with Gasteiger partial charge in [0.25, 0.3) is 0 Å². The lowest BCUT2D eigenvalue weighted by Gasteiger charge is -2.37. The van der Waals surface area contributed by atoms with Crippen LogP contribution in [0.15, 0.2) is 24.3 Å². The molecule has 1 N–H and O–H groups in total. The summed E-state index contributed by atoms with van der Waals surface area (Å²) in [6.45, 7) is 5.84. The van der Waals surface area contributed by atoms with E-state index in [0.29, 0.717) is 0 Å². The van der Waals surface area contributed by atoms with E-state index in [-0.39, 0.29) is 0 Å². The second kappa shape index (κ2) is 6.10. The van der Waals surface area contributed by atoms with E-state index in [0.717, 1.165) is 55.6 Å². The Morgan fingerprint density at radius 3 is 2.50 bits per heavy atom. The largest absolute Gasteiger partial charge is 0.367 e. The molecule has 0 atom stereocenters. The summed E-state index contributed by atoms with van der Waals surface area (Å²) in [4.78, 5) is 4.48. The number of anilines is 1. The molecule has 1 aromatic carbocycles. The Morgan fingerprint density at radius 1 is 1.22 bits per heavy atom. The van der Waals surface area contributed by atoms with Crippen LogP contribution in [0, 0.1) is 5.41 Å². The van der Waals surface area contributed by atoms with Crippen LogP contribution in [-0.2, 0) is 0 Å². The topological polar surface area (TPSA) is 30.3 Å². The van der Waals surface area contributed by atoms with Crippen LogP contribution in [-0.4, -0.2) is 36.9 Å². The second-order valence-corrected chi connectivity index (χ2v) is 5.03. The Balaban J connectivity index is 1.95. The van der Waals surface area contributed by atoms with Gasteiger partial charge in [0.05, 0.1) is 16.5 Å². The predicted octanol–water partition coefficient (Wildman–Crippen LogP) is 3.24. The fourth-order valence-electron chi connectivity index (χ4n) is 2.32. The van der Waals surface area contributed by atoms with Gasteiger partial charge in [-0.05, 0) is 18.6 Å². The van der Waals surface area contributed by atoms with Gasteiger partial charge in [0.15, 0.2) is 0 Å². The average Bonchev–Trinajstić information content (AvgIpc) is 2.40. The summed E-state index contributed by atoms with van der Waals surface area (Å²) in [5.74, 6) is 0.774. The summed E-state index contributed by atoms with van der Waals surface area (Å²) in [5.41, 5.74) is 1.11. The second-order valence-electron chi connectivity index (χ2n) is 4.62. The summed E-state index contributed by atoms with van der Waals surface area (Å²) < 4.78 is 0. The van der Waals surface area contributed by atoms with Crippen LogP contribution in [0.5, 0.6) is 0 Å². The minimum Gasteiger partial charge on any atom is -0.367 e. The molecule has 0 aromatic heterocycles. The number of halogens is 1. The molecule has 1 aliphatic heterocycles. The molecular formula is C14H20ClN3. The first-order valence-electron chi connectivity index (χ1n) is 6.54.